The number of hydrogen-bond donors (Lipinski definition) is 2. The van der Waals surface area contributed by atoms with Crippen molar-refractivity contribution < 1.29 is 4.52 Å². The molecule has 1 aromatic heterocycles. The standard InChI is InChI=1S/C17H25N5O/c1-13(9-10-15-7-5-4-6-8-15)20-17(18-3)19-12-11-16-21-14(2)22-23-16/h4-8,13H,9-12H2,1-3H3,(H2,18,19,20). The summed E-state index contributed by atoms with van der Waals surface area (Å²) in [7, 11) is 1.77. The molecule has 0 saturated heterocycles. The fourth-order valence-electron chi connectivity index (χ4n) is 2.26. The predicted molar refractivity (Wildman–Crippen MR) is 91.5 cm³/mol. The third kappa shape index (κ3) is 6.10. The zero-order valence-electron chi connectivity index (χ0n) is 14.0. The quantitative estimate of drug-likeness (QED) is 0.604. The van der Waals surface area contributed by atoms with E-state index in [0.29, 0.717) is 30.7 Å². The monoisotopic (exact) mass is 315 g/mol. The Labute approximate surface area is 137 Å². The van der Waals surface area contributed by atoms with Crippen molar-refractivity contribution in [2.75, 3.05) is 13.6 Å². The van der Waals surface area contributed by atoms with Crippen molar-refractivity contribution in [2.24, 2.45) is 4.99 Å². The highest BCUT2D eigenvalue weighted by atomic mass is 16.5. The first-order chi connectivity index (χ1) is 11.2. The summed E-state index contributed by atoms with van der Waals surface area (Å²) in [6.07, 6.45) is 2.78. The van der Waals surface area contributed by atoms with Crippen LogP contribution in [0.1, 0.15) is 30.6 Å². The van der Waals surface area contributed by atoms with Gasteiger partial charge in [-0.3, -0.25) is 4.99 Å². The SMILES string of the molecule is CN=C(NCCc1nc(C)no1)NC(C)CCc1ccccc1. The molecule has 0 aliphatic carbocycles. The van der Waals surface area contributed by atoms with E-state index in [0.717, 1.165) is 18.8 Å². The normalized spacial score (nSPS) is 12.9. The van der Waals surface area contributed by atoms with Crippen LogP contribution in [0.4, 0.5) is 0 Å². The molecule has 6 heteroatoms. The minimum atomic E-state index is 0.340. The van der Waals surface area contributed by atoms with Crippen LogP contribution in [0.15, 0.2) is 39.8 Å². The van der Waals surface area contributed by atoms with Gasteiger partial charge in [-0.05, 0) is 32.3 Å². The molecule has 2 aromatic rings. The summed E-state index contributed by atoms with van der Waals surface area (Å²) in [6.45, 7) is 4.68. The summed E-state index contributed by atoms with van der Waals surface area (Å²) in [4.78, 5) is 8.43. The van der Waals surface area contributed by atoms with Gasteiger partial charge in [-0.2, -0.15) is 4.98 Å². The highest BCUT2D eigenvalue weighted by molar-refractivity contribution is 5.79. The average molecular weight is 315 g/mol. The summed E-state index contributed by atoms with van der Waals surface area (Å²) < 4.78 is 5.09. The highest BCUT2D eigenvalue weighted by Gasteiger charge is 2.07. The third-order valence-electron chi connectivity index (χ3n) is 3.52. The maximum absolute atomic E-state index is 5.09. The second kappa shape index (κ2) is 8.92. The number of aryl methyl sites for hydroxylation is 2. The van der Waals surface area contributed by atoms with E-state index in [9.17, 15) is 0 Å². The molecular weight excluding hydrogens is 290 g/mol. The van der Waals surface area contributed by atoms with E-state index in [1.807, 2.05) is 13.0 Å². The Kier molecular flexibility index (Phi) is 6.59. The molecule has 6 nitrogen and oxygen atoms in total. The molecule has 1 heterocycles. The van der Waals surface area contributed by atoms with Crippen molar-refractivity contribution in [3.05, 3.63) is 47.6 Å². The van der Waals surface area contributed by atoms with Crippen molar-refractivity contribution >= 4 is 5.96 Å². The molecule has 1 aromatic carbocycles. The number of hydrogen-bond acceptors (Lipinski definition) is 4. The van der Waals surface area contributed by atoms with Crippen LogP contribution >= 0.6 is 0 Å². The molecule has 1 atom stereocenters. The minimum absolute atomic E-state index is 0.340. The molecule has 0 radical (unpaired) electrons. The van der Waals surface area contributed by atoms with Crippen molar-refractivity contribution in [1.29, 1.82) is 0 Å². The molecule has 0 spiro atoms. The Morgan fingerprint density at radius 2 is 2.04 bits per heavy atom. The van der Waals surface area contributed by atoms with Gasteiger partial charge in [0.15, 0.2) is 11.8 Å². The van der Waals surface area contributed by atoms with Crippen molar-refractivity contribution in [2.45, 2.75) is 39.2 Å². The van der Waals surface area contributed by atoms with E-state index in [1.54, 1.807) is 7.05 Å². The Balaban J connectivity index is 1.69. The smallest absolute Gasteiger partial charge is 0.228 e. The van der Waals surface area contributed by atoms with Crippen LogP contribution in [0.2, 0.25) is 0 Å². The first-order valence-electron chi connectivity index (χ1n) is 7.97. The van der Waals surface area contributed by atoms with Gasteiger partial charge in [-0.15, -0.1) is 0 Å². The van der Waals surface area contributed by atoms with E-state index in [1.165, 1.54) is 5.56 Å². The number of rotatable bonds is 7. The van der Waals surface area contributed by atoms with Gasteiger partial charge >= 0.3 is 0 Å². The topological polar surface area (TPSA) is 75.3 Å². The fourth-order valence-corrected chi connectivity index (χ4v) is 2.26. The summed E-state index contributed by atoms with van der Waals surface area (Å²) in [6, 6.07) is 10.9. The Hall–Kier alpha value is -2.37. The van der Waals surface area contributed by atoms with Gasteiger partial charge in [-0.1, -0.05) is 35.5 Å². The van der Waals surface area contributed by atoms with E-state index in [2.05, 4.69) is 57.0 Å². The number of aliphatic imine (C=N–C) groups is 1. The van der Waals surface area contributed by atoms with Gasteiger partial charge in [0.05, 0.1) is 0 Å². The molecule has 1 unspecified atom stereocenters. The van der Waals surface area contributed by atoms with Crippen LogP contribution in [-0.2, 0) is 12.8 Å². The van der Waals surface area contributed by atoms with Gasteiger partial charge < -0.3 is 15.2 Å². The lowest BCUT2D eigenvalue weighted by molar-refractivity contribution is 0.374. The summed E-state index contributed by atoms with van der Waals surface area (Å²) >= 11 is 0. The van der Waals surface area contributed by atoms with Crippen LogP contribution in [0.3, 0.4) is 0 Å². The van der Waals surface area contributed by atoms with Crippen LogP contribution in [-0.4, -0.2) is 35.7 Å². The number of benzene rings is 1. The summed E-state index contributed by atoms with van der Waals surface area (Å²) in [5.41, 5.74) is 1.36. The fraction of sp³-hybridized carbons (Fsp3) is 0.471. The molecule has 2 N–H and O–H groups in total. The van der Waals surface area contributed by atoms with E-state index in [-0.39, 0.29) is 0 Å². The lowest BCUT2D eigenvalue weighted by Gasteiger charge is -2.17. The van der Waals surface area contributed by atoms with E-state index >= 15 is 0 Å². The van der Waals surface area contributed by atoms with Crippen molar-refractivity contribution in [3.63, 3.8) is 0 Å². The molecule has 23 heavy (non-hydrogen) atoms. The first-order valence-corrected chi connectivity index (χ1v) is 7.97. The lowest BCUT2D eigenvalue weighted by atomic mass is 10.1. The second-order valence-corrected chi connectivity index (χ2v) is 5.55. The zero-order chi connectivity index (χ0) is 16.5. The summed E-state index contributed by atoms with van der Waals surface area (Å²) in [5, 5.41) is 10.4. The Morgan fingerprint density at radius 3 is 2.70 bits per heavy atom. The van der Waals surface area contributed by atoms with Gasteiger partial charge in [0.2, 0.25) is 5.89 Å². The molecule has 124 valence electrons. The average Bonchev–Trinajstić information content (AvgIpc) is 2.98. The largest absolute Gasteiger partial charge is 0.356 e. The number of nitrogens with zero attached hydrogens (tertiary/aromatic N) is 3. The van der Waals surface area contributed by atoms with Crippen LogP contribution in [0.5, 0.6) is 0 Å². The number of aromatic nitrogens is 2. The van der Waals surface area contributed by atoms with Gasteiger partial charge in [0.25, 0.3) is 0 Å². The highest BCUT2D eigenvalue weighted by Crippen LogP contribution is 2.04. The van der Waals surface area contributed by atoms with Crippen LogP contribution < -0.4 is 10.6 Å². The molecule has 0 saturated carbocycles. The number of guanidine groups is 1. The second-order valence-electron chi connectivity index (χ2n) is 5.55. The maximum atomic E-state index is 5.09. The van der Waals surface area contributed by atoms with Gasteiger partial charge in [0.1, 0.15) is 0 Å². The number of nitrogens with one attached hydrogen (secondary N) is 2. The third-order valence-corrected chi connectivity index (χ3v) is 3.52. The molecule has 0 aliphatic heterocycles. The minimum Gasteiger partial charge on any atom is -0.356 e. The molecule has 0 amide bonds. The molecule has 0 aliphatic rings. The van der Waals surface area contributed by atoms with Gasteiger partial charge in [0, 0.05) is 26.1 Å². The molecular formula is C17H25N5O. The lowest BCUT2D eigenvalue weighted by Crippen LogP contribution is -2.43. The van der Waals surface area contributed by atoms with Crippen LogP contribution in [0, 0.1) is 6.92 Å². The van der Waals surface area contributed by atoms with Gasteiger partial charge in [-0.25, -0.2) is 0 Å². The Bertz CT molecular complexity index is 608. The van der Waals surface area contributed by atoms with E-state index in [4.69, 9.17) is 4.52 Å². The van der Waals surface area contributed by atoms with Crippen LogP contribution in [0.25, 0.3) is 0 Å². The molecule has 2 rings (SSSR count). The van der Waals surface area contributed by atoms with Crippen molar-refractivity contribution in [1.82, 2.24) is 20.8 Å². The summed E-state index contributed by atoms with van der Waals surface area (Å²) in [5.74, 6) is 2.10. The Morgan fingerprint density at radius 1 is 1.26 bits per heavy atom. The first kappa shape index (κ1) is 17.0. The van der Waals surface area contributed by atoms with E-state index < -0.39 is 0 Å². The maximum Gasteiger partial charge on any atom is 0.228 e. The predicted octanol–water partition coefficient (Wildman–Crippen LogP) is 2.11. The molecule has 0 fully saturated rings. The zero-order valence-corrected chi connectivity index (χ0v) is 14.0. The molecule has 0 bridgehead atoms. The van der Waals surface area contributed by atoms with Crippen molar-refractivity contribution in [3.8, 4) is 0 Å².